The van der Waals surface area contributed by atoms with Crippen molar-refractivity contribution >= 4 is 36.0 Å². The first-order valence-corrected chi connectivity index (χ1v) is 12.8. The van der Waals surface area contributed by atoms with Crippen LogP contribution in [0.3, 0.4) is 0 Å². The molecule has 0 spiro atoms. The summed E-state index contributed by atoms with van der Waals surface area (Å²) in [4.78, 5) is 14.7. The van der Waals surface area contributed by atoms with E-state index in [4.69, 9.17) is 16.1 Å². The van der Waals surface area contributed by atoms with E-state index in [0.717, 1.165) is 40.8 Å². The first kappa shape index (κ1) is 22.8. The van der Waals surface area contributed by atoms with Crippen LogP contribution in [-0.2, 0) is 11.1 Å². The largest absolute Gasteiger partial charge is 0.633 e. The van der Waals surface area contributed by atoms with Crippen molar-refractivity contribution in [3.8, 4) is 0 Å². The van der Waals surface area contributed by atoms with Crippen molar-refractivity contribution in [2.75, 3.05) is 6.61 Å². The molecule has 3 nitrogen and oxygen atoms in total. The molecule has 5 heteroatoms. The van der Waals surface area contributed by atoms with Crippen LogP contribution in [0, 0.1) is 0 Å². The number of fused-ring (bicyclic) bond motifs is 1. The molecule has 164 valence electrons. The summed E-state index contributed by atoms with van der Waals surface area (Å²) in [5.74, 6) is 0. The third kappa shape index (κ3) is 4.40. The molecule has 0 bridgehead atoms. The summed E-state index contributed by atoms with van der Waals surface area (Å²) in [5.41, 5.74) is 5.10. The second-order valence-electron chi connectivity index (χ2n) is 7.66. The van der Waals surface area contributed by atoms with Crippen LogP contribution in [0.15, 0.2) is 91.5 Å². The molecule has 0 aliphatic carbocycles. The summed E-state index contributed by atoms with van der Waals surface area (Å²) in [7, 11) is -3.43. The van der Waals surface area contributed by atoms with Crippen LogP contribution in [0.2, 0.25) is 5.02 Å². The van der Waals surface area contributed by atoms with Crippen LogP contribution in [-0.4, -0.2) is 11.3 Å². The van der Waals surface area contributed by atoms with Gasteiger partial charge in [0.05, 0.1) is 18.8 Å². The fourth-order valence-electron chi connectivity index (χ4n) is 4.20. The third-order valence-electron chi connectivity index (χ3n) is 5.58. The van der Waals surface area contributed by atoms with Gasteiger partial charge in [0, 0.05) is 22.2 Å². The number of hydrogen-bond donors (Lipinski definition) is 0. The SMILES string of the molecule is C=CCCC1=C(c2ccccc2)N(Cc2ccccc2)[P+]([O-])(OCC)c2cc(Cl)ccc21. The topological polar surface area (TPSA) is 35.5 Å². The minimum atomic E-state index is -3.43. The van der Waals surface area contributed by atoms with E-state index >= 15 is 0 Å². The monoisotopic (exact) mass is 463 g/mol. The molecule has 0 fully saturated rings. The molecular formula is C27H27ClNO2P. The number of rotatable bonds is 8. The van der Waals surface area contributed by atoms with Crippen molar-refractivity contribution in [2.45, 2.75) is 26.3 Å². The Morgan fingerprint density at radius 3 is 2.38 bits per heavy atom. The summed E-state index contributed by atoms with van der Waals surface area (Å²) in [5, 5.41) is 1.22. The summed E-state index contributed by atoms with van der Waals surface area (Å²) in [6.07, 6.45) is 3.51. The molecule has 4 rings (SSSR count). The van der Waals surface area contributed by atoms with Crippen molar-refractivity contribution in [2.24, 2.45) is 0 Å². The van der Waals surface area contributed by atoms with Gasteiger partial charge in [-0.05, 0) is 43.0 Å². The van der Waals surface area contributed by atoms with Gasteiger partial charge < -0.3 is 4.89 Å². The summed E-state index contributed by atoms with van der Waals surface area (Å²) >= 11 is 6.39. The Balaban J connectivity index is 2.02. The smallest absolute Gasteiger partial charge is 0.231 e. The van der Waals surface area contributed by atoms with Crippen LogP contribution in [0.25, 0.3) is 11.3 Å². The van der Waals surface area contributed by atoms with E-state index in [0.29, 0.717) is 23.5 Å². The third-order valence-corrected chi connectivity index (χ3v) is 8.38. The number of nitrogens with zero attached hydrogens (tertiary/aromatic N) is 1. The van der Waals surface area contributed by atoms with E-state index in [1.54, 1.807) is 6.07 Å². The normalized spacial score (nSPS) is 17.9. The minimum absolute atomic E-state index is 0.332. The first-order chi connectivity index (χ1) is 15.6. The molecule has 3 aromatic rings. The number of benzene rings is 3. The Morgan fingerprint density at radius 2 is 1.72 bits per heavy atom. The highest BCUT2D eigenvalue weighted by Gasteiger charge is 2.48. The van der Waals surface area contributed by atoms with Gasteiger partial charge in [-0.25, -0.2) is 9.19 Å². The number of hydrogen-bond acceptors (Lipinski definition) is 3. The zero-order valence-corrected chi connectivity index (χ0v) is 19.9. The lowest BCUT2D eigenvalue weighted by molar-refractivity contribution is -0.199. The predicted octanol–water partition coefficient (Wildman–Crippen LogP) is 6.48. The molecule has 1 aliphatic rings. The molecule has 32 heavy (non-hydrogen) atoms. The van der Waals surface area contributed by atoms with Gasteiger partial charge in [-0.15, -0.1) is 6.58 Å². The van der Waals surface area contributed by atoms with Crippen molar-refractivity contribution in [3.05, 3.63) is 113 Å². The molecule has 0 saturated carbocycles. The molecule has 0 N–H and O–H groups in total. The average molecular weight is 464 g/mol. The quantitative estimate of drug-likeness (QED) is 0.283. The van der Waals surface area contributed by atoms with E-state index in [1.807, 2.05) is 66.2 Å². The van der Waals surface area contributed by atoms with E-state index in [1.165, 1.54) is 0 Å². The van der Waals surface area contributed by atoms with Crippen LogP contribution in [0.1, 0.15) is 36.5 Å². The fourth-order valence-corrected chi connectivity index (χ4v) is 7.00. The standard InChI is InChI=1S/C27H27ClNO2P/c1-3-5-16-25-24-18-17-23(28)19-26(24)32(30,31-4-2)29(20-21-12-8-6-9-13-21)27(25)22-14-10-7-11-15-22/h3,6-15,17-19H,1,4-5,16,20H2,2H3. The molecule has 1 aliphatic heterocycles. The molecule has 3 aromatic carbocycles. The van der Waals surface area contributed by atoms with Crippen LogP contribution in [0.4, 0.5) is 0 Å². The highest BCUT2D eigenvalue weighted by molar-refractivity contribution is 7.70. The van der Waals surface area contributed by atoms with Gasteiger partial charge in [0.25, 0.3) is 0 Å². The van der Waals surface area contributed by atoms with Gasteiger partial charge >= 0.3 is 0 Å². The summed E-state index contributed by atoms with van der Waals surface area (Å²) in [6, 6.07) is 25.9. The molecule has 0 saturated heterocycles. The van der Waals surface area contributed by atoms with Crippen LogP contribution < -0.4 is 10.2 Å². The highest BCUT2D eigenvalue weighted by Crippen LogP contribution is 2.63. The molecule has 0 radical (unpaired) electrons. The fraction of sp³-hybridized carbons (Fsp3) is 0.185. The van der Waals surface area contributed by atoms with Gasteiger partial charge in [-0.3, -0.25) is 0 Å². The maximum Gasteiger partial charge on any atom is 0.231 e. The van der Waals surface area contributed by atoms with Crippen molar-refractivity contribution < 1.29 is 9.42 Å². The average Bonchev–Trinajstić information content (AvgIpc) is 2.82. The van der Waals surface area contributed by atoms with Crippen molar-refractivity contribution in [1.29, 1.82) is 0 Å². The molecule has 0 aromatic heterocycles. The highest BCUT2D eigenvalue weighted by atomic mass is 35.5. The van der Waals surface area contributed by atoms with E-state index in [-0.39, 0.29) is 0 Å². The first-order valence-electron chi connectivity index (χ1n) is 10.8. The van der Waals surface area contributed by atoms with Crippen molar-refractivity contribution in [3.63, 3.8) is 0 Å². The lowest BCUT2D eigenvalue weighted by atomic mass is 9.94. The second kappa shape index (κ2) is 10.0. The lowest BCUT2D eigenvalue weighted by Gasteiger charge is -2.45. The number of allylic oxidation sites excluding steroid dienone is 2. The lowest BCUT2D eigenvalue weighted by Crippen LogP contribution is -2.42. The van der Waals surface area contributed by atoms with E-state index in [9.17, 15) is 4.89 Å². The zero-order valence-electron chi connectivity index (χ0n) is 18.2. The van der Waals surface area contributed by atoms with Gasteiger partial charge in [0.2, 0.25) is 7.87 Å². The minimum Gasteiger partial charge on any atom is -0.633 e. The maximum absolute atomic E-state index is 14.7. The zero-order chi connectivity index (χ0) is 22.6. The van der Waals surface area contributed by atoms with Crippen LogP contribution >= 0.6 is 19.5 Å². The van der Waals surface area contributed by atoms with Crippen LogP contribution in [0.5, 0.6) is 0 Å². The Bertz CT molecular complexity index is 1120. The Hall–Kier alpha value is -2.42. The molecule has 1 unspecified atom stereocenters. The summed E-state index contributed by atoms with van der Waals surface area (Å²) < 4.78 is 8.08. The van der Waals surface area contributed by atoms with Gasteiger partial charge in [-0.1, -0.05) is 78.3 Å². The Labute approximate surface area is 196 Å². The van der Waals surface area contributed by atoms with Gasteiger partial charge in [0.1, 0.15) is 0 Å². The molecule has 1 heterocycles. The molecule has 0 amide bonds. The van der Waals surface area contributed by atoms with E-state index < -0.39 is 7.87 Å². The second-order valence-corrected chi connectivity index (χ2v) is 10.4. The molecular weight excluding hydrogens is 437 g/mol. The van der Waals surface area contributed by atoms with Crippen molar-refractivity contribution in [1.82, 2.24) is 4.67 Å². The van der Waals surface area contributed by atoms with E-state index in [2.05, 4.69) is 30.8 Å². The predicted molar refractivity (Wildman–Crippen MR) is 134 cm³/mol. The maximum atomic E-state index is 14.7. The van der Waals surface area contributed by atoms with Gasteiger partial charge in [0.15, 0.2) is 5.30 Å². The Kier molecular flexibility index (Phi) is 7.13. The van der Waals surface area contributed by atoms with Gasteiger partial charge in [-0.2, -0.15) is 0 Å². The summed E-state index contributed by atoms with van der Waals surface area (Å²) in [6.45, 7) is 6.60. The Morgan fingerprint density at radius 1 is 1.03 bits per heavy atom. The molecule has 1 atom stereocenters. The number of halogens is 1.